The van der Waals surface area contributed by atoms with Gasteiger partial charge in [0.25, 0.3) is 0 Å². The first-order valence-corrected chi connectivity index (χ1v) is 4.87. The summed E-state index contributed by atoms with van der Waals surface area (Å²) in [5.41, 5.74) is 0. The van der Waals surface area contributed by atoms with E-state index in [4.69, 9.17) is 5.11 Å². The molecule has 0 aromatic carbocycles. The van der Waals surface area contributed by atoms with E-state index in [2.05, 4.69) is 19.2 Å². The predicted molar refractivity (Wildman–Crippen MR) is 50.9 cm³/mol. The van der Waals surface area contributed by atoms with Crippen molar-refractivity contribution in [1.82, 2.24) is 10.2 Å². The molecule has 1 heterocycles. The van der Waals surface area contributed by atoms with Crippen molar-refractivity contribution in [2.75, 3.05) is 13.1 Å². The molecule has 4 nitrogen and oxygen atoms in total. The lowest BCUT2D eigenvalue weighted by Crippen LogP contribution is -2.39. The Balaban J connectivity index is 2.29. The summed E-state index contributed by atoms with van der Waals surface area (Å²) >= 11 is 0. The van der Waals surface area contributed by atoms with Gasteiger partial charge in [-0.25, -0.2) is 4.79 Å². The minimum absolute atomic E-state index is 0.353. The van der Waals surface area contributed by atoms with Crippen molar-refractivity contribution in [3.8, 4) is 0 Å². The van der Waals surface area contributed by atoms with Gasteiger partial charge in [-0.15, -0.1) is 0 Å². The highest BCUT2D eigenvalue weighted by Crippen LogP contribution is 2.10. The van der Waals surface area contributed by atoms with E-state index in [9.17, 15) is 4.79 Å². The van der Waals surface area contributed by atoms with Crippen LogP contribution >= 0.6 is 0 Å². The fraction of sp³-hybridized carbons (Fsp3) is 0.889. The van der Waals surface area contributed by atoms with E-state index in [1.54, 1.807) is 0 Å². The van der Waals surface area contributed by atoms with Crippen LogP contribution in [0.1, 0.15) is 26.7 Å². The van der Waals surface area contributed by atoms with Gasteiger partial charge in [0.05, 0.1) is 0 Å². The summed E-state index contributed by atoms with van der Waals surface area (Å²) in [6, 6.07) is 0.838. The standard InChI is InChI=1S/C9H18N2O2/c1-3-7(2)10-8-4-5-11(6-8)9(12)13/h7-8,10H,3-6H2,1-2H3,(H,12,13)/t7?,8-/m0/s1. The summed E-state index contributed by atoms with van der Waals surface area (Å²) in [5, 5.41) is 12.1. The van der Waals surface area contributed by atoms with Crippen LogP contribution in [0.4, 0.5) is 4.79 Å². The molecule has 0 radical (unpaired) electrons. The summed E-state index contributed by atoms with van der Waals surface area (Å²) in [6.07, 6.45) is 1.23. The Labute approximate surface area is 78.9 Å². The molecule has 1 aliphatic heterocycles. The van der Waals surface area contributed by atoms with Gasteiger partial charge in [-0.05, 0) is 19.8 Å². The average Bonchev–Trinajstić information content (AvgIpc) is 2.52. The molecule has 2 N–H and O–H groups in total. The topological polar surface area (TPSA) is 52.6 Å². The zero-order chi connectivity index (χ0) is 9.84. The summed E-state index contributed by atoms with van der Waals surface area (Å²) in [5.74, 6) is 0. The van der Waals surface area contributed by atoms with Gasteiger partial charge in [0.1, 0.15) is 0 Å². The van der Waals surface area contributed by atoms with Gasteiger partial charge in [-0.1, -0.05) is 6.92 Å². The second-order valence-electron chi connectivity index (χ2n) is 3.69. The third-order valence-corrected chi connectivity index (χ3v) is 2.59. The van der Waals surface area contributed by atoms with E-state index in [0.717, 1.165) is 12.8 Å². The smallest absolute Gasteiger partial charge is 0.407 e. The van der Waals surface area contributed by atoms with E-state index in [1.807, 2.05) is 0 Å². The molecule has 0 aromatic heterocycles. The van der Waals surface area contributed by atoms with E-state index in [-0.39, 0.29) is 0 Å². The molecule has 0 spiro atoms. The Bertz CT molecular complexity index is 184. The first kappa shape index (κ1) is 10.3. The van der Waals surface area contributed by atoms with E-state index < -0.39 is 6.09 Å². The van der Waals surface area contributed by atoms with Crippen LogP contribution < -0.4 is 5.32 Å². The van der Waals surface area contributed by atoms with E-state index >= 15 is 0 Å². The molecular formula is C9H18N2O2. The number of hydrogen-bond donors (Lipinski definition) is 2. The molecule has 1 rings (SSSR count). The van der Waals surface area contributed by atoms with Gasteiger partial charge in [0.2, 0.25) is 0 Å². The van der Waals surface area contributed by atoms with Crippen molar-refractivity contribution in [3.05, 3.63) is 0 Å². The van der Waals surface area contributed by atoms with Gasteiger partial charge in [0, 0.05) is 25.2 Å². The van der Waals surface area contributed by atoms with Crippen molar-refractivity contribution in [2.24, 2.45) is 0 Å². The molecule has 1 aliphatic rings. The molecule has 0 saturated carbocycles. The predicted octanol–water partition coefficient (Wildman–Crippen LogP) is 1.13. The second-order valence-corrected chi connectivity index (χ2v) is 3.69. The fourth-order valence-electron chi connectivity index (χ4n) is 1.59. The molecule has 1 fully saturated rings. The molecular weight excluding hydrogens is 168 g/mol. The number of likely N-dealkylation sites (tertiary alicyclic amines) is 1. The van der Waals surface area contributed by atoms with Crippen LogP contribution in [-0.4, -0.2) is 41.3 Å². The van der Waals surface area contributed by atoms with Gasteiger partial charge in [-0.2, -0.15) is 0 Å². The Morgan fingerprint density at radius 1 is 1.77 bits per heavy atom. The van der Waals surface area contributed by atoms with Crippen LogP contribution in [0.2, 0.25) is 0 Å². The zero-order valence-electron chi connectivity index (χ0n) is 8.29. The molecule has 1 saturated heterocycles. The lowest BCUT2D eigenvalue weighted by atomic mass is 10.2. The van der Waals surface area contributed by atoms with Crippen LogP contribution in [-0.2, 0) is 0 Å². The van der Waals surface area contributed by atoms with Gasteiger partial charge < -0.3 is 15.3 Å². The summed E-state index contributed by atoms with van der Waals surface area (Å²) < 4.78 is 0. The maximum absolute atomic E-state index is 10.6. The number of nitrogens with zero attached hydrogens (tertiary/aromatic N) is 1. The summed E-state index contributed by atoms with van der Waals surface area (Å²) in [7, 11) is 0. The van der Waals surface area contributed by atoms with E-state index in [0.29, 0.717) is 25.2 Å². The normalized spacial score (nSPS) is 24.8. The first-order chi connectivity index (χ1) is 6.13. The van der Waals surface area contributed by atoms with E-state index in [1.165, 1.54) is 4.90 Å². The van der Waals surface area contributed by atoms with Crippen molar-refractivity contribution < 1.29 is 9.90 Å². The monoisotopic (exact) mass is 186 g/mol. The lowest BCUT2D eigenvalue weighted by Gasteiger charge is -2.18. The van der Waals surface area contributed by atoms with Gasteiger partial charge >= 0.3 is 6.09 Å². The molecule has 4 heteroatoms. The molecule has 76 valence electrons. The largest absolute Gasteiger partial charge is 0.465 e. The maximum atomic E-state index is 10.6. The molecule has 0 bridgehead atoms. The fourth-order valence-corrected chi connectivity index (χ4v) is 1.59. The molecule has 0 aromatic rings. The molecule has 2 atom stereocenters. The molecule has 13 heavy (non-hydrogen) atoms. The van der Waals surface area contributed by atoms with Crippen molar-refractivity contribution in [2.45, 2.75) is 38.8 Å². The first-order valence-electron chi connectivity index (χ1n) is 4.87. The highest BCUT2D eigenvalue weighted by molar-refractivity contribution is 5.65. The Hall–Kier alpha value is -0.770. The molecule has 0 aliphatic carbocycles. The highest BCUT2D eigenvalue weighted by Gasteiger charge is 2.25. The van der Waals surface area contributed by atoms with Crippen molar-refractivity contribution in [3.63, 3.8) is 0 Å². The Kier molecular flexibility index (Phi) is 3.54. The molecule has 1 unspecified atom stereocenters. The quantitative estimate of drug-likeness (QED) is 0.694. The Morgan fingerprint density at radius 3 is 2.92 bits per heavy atom. The van der Waals surface area contributed by atoms with Gasteiger partial charge in [0.15, 0.2) is 0 Å². The van der Waals surface area contributed by atoms with Crippen LogP contribution in [0, 0.1) is 0 Å². The third-order valence-electron chi connectivity index (χ3n) is 2.59. The van der Waals surface area contributed by atoms with Crippen LogP contribution in [0.15, 0.2) is 0 Å². The Morgan fingerprint density at radius 2 is 2.46 bits per heavy atom. The number of rotatable bonds is 3. The summed E-state index contributed by atoms with van der Waals surface area (Å²) in [6.45, 7) is 5.56. The SMILES string of the molecule is CCC(C)N[C@H]1CCN(C(=O)O)C1. The maximum Gasteiger partial charge on any atom is 0.407 e. The second kappa shape index (κ2) is 4.46. The summed E-state index contributed by atoms with van der Waals surface area (Å²) in [4.78, 5) is 12.1. The van der Waals surface area contributed by atoms with Crippen LogP contribution in [0.5, 0.6) is 0 Å². The van der Waals surface area contributed by atoms with Crippen molar-refractivity contribution >= 4 is 6.09 Å². The number of carbonyl (C=O) groups is 1. The number of amides is 1. The number of nitrogens with one attached hydrogen (secondary N) is 1. The van der Waals surface area contributed by atoms with Crippen LogP contribution in [0.25, 0.3) is 0 Å². The number of carboxylic acid groups (broad SMARTS) is 1. The minimum atomic E-state index is -0.798. The highest BCUT2D eigenvalue weighted by atomic mass is 16.4. The van der Waals surface area contributed by atoms with Crippen molar-refractivity contribution in [1.29, 1.82) is 0 Å². The van der Waals surface area contributed by atoms with Crippen LogP contribution in [0.3, 0.4) is 0 Å². The third kappa shape index (κ3) is 2.88. The average molecular weight is 186 g/mol. The number of hydrogen-bond acceptors (Lipinski definition) is 2. The minimum Gasteiger partial charge on any atom is -0.465 e. The lowest BCUT2D eigenvalue weighted by molar-refractivity contribution is 0.154. The molecule has 1 amide bonds. The van der Waals surface area contributed by atoms with Gasteiger partial charge in [-0.3, -0.25) is 0 Å². The zero-order valence-corrected chi connectivity index (χ0v) is 8.29.